The summed E-state index contributed by atoms with van der Waals surface area (Å²) < 4.78 is 29.0. The summed E-state index contributed by atoms with van der Waals surface area (Å²) in [6.45, 7) is 0.350. The summed E-state index contributed by atoms with van der Waals surface area (Å²) in [6, 6.07) is 10.1. The molecule has 25 heavy (non-hydrogen) atoms. The van der Waals surface area contributed by atoms with Crippen molar-refractivity contribution >= 4 is 5.91 Å². The third kappa shape index (κ3) is 5.11. The first-order valence-electron chi connectivity index (χ1n) is 7.87. The molecule has 0 spiro atoms. The Hall–Kier alpha value is -2.76. The van der Waals surface area contributed by atoms with Crippen molar-refractivity contribution in [1.29, 1.82) is 0 Å². The molecule has 0 aromatic heterocycles. The van der Waals surface area contributed by atoms with Gasteiger partial charge in [-0.25, -0.2) is 4.39 Å². The molecule has 2 rings (SSSR count). The van der Waals surface area contributed by atoms with Crippen LogP contribution in [-0.4, -0.2) is 27.2 Å². The van der Waals surface area contributed by atoms with Crippen LogP contribution in [0.2, 0.25) is 0 Å². The number of carbonyl (C=O) groups is 1. The molecule has 0 aliphatic heterocycles. The molecule has 0 unspecified atom stereocenters. The molecule has 6 heteroatoms. The summed E-state index contributed by atoms with van der Waals surface area (Å²) in [5.41, 5.74) is 1.60. The highest BCUT2D eigenvalue weighted by molar-refractivity contribution is 5.76. The number of rotatable bonds is 8. The Morgan fingerprint density at radius 3 is 2.40 bits per heavy atom. The maximum atomic E-state index is 13.6. The average Bonchev–Trinajstić information content (AvgIpc) is 2.64. The standard InChI is InChI=1S/C19H22FNO4/c1-23-15-7-6-14(18(11-15)25-3)12-21-19(22)9-5-13-4-8-17(24-2)16(20)10-13/h4,6-8,10-11H,5,9,12H2,1-3H3,(H,21,22). The van der Waals surface area contributed by atoms with Crippen molar-refractivity contribution in [3.05, 3.63) is 53.3 Å². The Bertz CT molecular complexity index is 733. The third-order valence-electron chi connectivity index (χ3n) is 3.83. The number of carbonyl (C=O) groups excluding carboxylic acids is 1. The fourth-order valence-corrected chi connectivity index (χ4v) is 2.40. The van der Waals surface area contributed by atoms with Crippen LogP contribution in [0.3, 0.4) is 0 Å². The second kappa shape index (κ2) is 8.92. The Morgan fingerprint density at radius 2 is 1.76 bits per heavy atom. The van der Waals surface area contributed by atoms with Crippen LogP contribution >= 0.6 is 0 Å². The van der Waals surface area contributed by atoms with Crippen LogP contribution in [0.4, 0.5) is 4.39 Å². The molecule has 0 saturated carbocycles. The van der Waals surface area contributed by atoms with Gasteiger partial charge < -0.3 is 19.5 Å². The van der Waals surface area contributed by atoms with Crippen LogP contribution in [-0.2, 0) is 17.8 Å². The average molecular weight is 347 g/mol. The van der Waals surface area contributed by atoms with Gasteiger partial charge in [-0.1, -0.05) is 6.07 Å². The lowest BCUT2D eigenvalue weighted by molar-refractivity contribution is -0.121. The highest BCUT2D eigenvalue weighted by atomic mass is 19.1. The van der Waals surface area contributed by atoms with Crippen molar-refractivity contribution in [2.24, 2.45) is 0 Å². The molecule has 2 aromatic carbocycles. The minimum atomic E-state index is -0.427. The van der Waals surface area contributed by atoms with Gasteiger partial charge in [0.05, 0.1) is 21.3 Å². The van der Waals surface area contributed by atoms with Crippen molar-refractivity contribution in [1.82, 2.24) is 5.32 Å². The molecule has 5 nitrogen and oxygen atoms in total. The van der Waals surface area contributed by atoms with E-state index in [9.17, 15) is 9.18 Å². The summed E-state index contributed by atoms with van der Waals surface area (Å²) in [5.74, 6) is 0.989. The van der Waals surface area contributed by atoms with Crippen LogP contribution in [0.1, 0.15) is 17.5 Å². The molecule has 2 aromatic rings. The van der Waals surface area contributed by atoms with Crippen LogP contribution in [0, 0.1) is 5.82 Å². The first kappa shape index (κ1) is 18.6. The fraction of sp³-hybridized carbons (Fsp3) is 0.316. The first-order valence-corrected chi connectivity index (χ1v) is 7.87. The van der Waals surface area contributed by atoms with Gasteiger partial charge in [-0.2, -0.15) is 0 Å². The quantitative estimate of drug-likeness (QED) is 0.797. The third-order valence-corrected chi connectivity index (χ3v) is 3.83. The van der Waals surface area contributed by atoms with E-state index in [1.165, 1.54) is 13.2 Å². The molecule has 0 bridgehead atoms. The number of hydrogen-bond donors (Lipinski definition) is 1. The van der Waals surface area contributed by atoms with Gasteiger partial charge >= 0.3 is 0 Å². The zero-order chi connectivity index (χ0) is 18.2. The maximum Gasteiger partial charge on any atom is 0.220 e. The fourth-order valence-electron chi connectivity index (χ4n) is 2.40. The zero-order valence-electron chi connectivity index (χ0n) is 14.6. The normalized spacial score (nSPS) is 10.2. The molecule has 0 aliphatic rings. The number of benzene rings is 2. The monoisotopic (exact) mass is 347 g/mol. The highest BCUT2D eigenvalue weighted by Crippen LogP contribution is 2.24. The SMILES string of the molecule is COc1ccc(CNC(=O)CCc2ccc(OC)c(F)c2)c(OC)c1. The maximum absolute atomic E-state index is 13.6. The van der Waals surface area contributed by atoms with Crippen LogP contribution in [0.25, 0.3) is 0 Å². The van der Waals surface area contributed by atoms with E-state index in [0.29, 0.717) is 24.5 Å². The molecule has 1 amide bonds. The van der Waals surface area contributed by atoms with Gasteiger partial charge in [-0.3, -0.25) is 4.79 Å². The van der Waals surface area contributed by atoms with Crippen molar-refractivity contribution in [2.45, 2.75) is 19.4 Å². The number of ether oxygens (including phenoxy) is 3. The first-order chi connectivity index (χ1) is 12.1. The topological polar surface area (TPSA) is 56.8 Å². The summed E-state index contributed by atoms with van der Waals surface area (Å²) in [7, 11) is 4.56. The molecule has 0 fully saturated rings. The van der Waals surface area contributed by atoms with E-state index in [4.69, 9.17) is 14.2 Å². The van der Waals surface area contributed by atoms with Gasteiger partial charge in [0.15, 0.2) is 11.6 Å². The summed E-state index contributed by atoms with van der Waals surface area (Å²) in [6.07, 6.45) is 0.719. The second-order valence-corrected chi connectivity index (χ2v) is 5.42. The molecule has 0 heterocycles. The van der Waals surface area contributed by atoms with E-state index < -0.39 is 5.82 Å². The van der Waals surface area contributed by atoms with Gasteiger partial charge in [0.2, 0.25) is 5.91 Å². The van der Waals surface area contributed by atoms with E-state index in [2.05, 4.69) is 5.32 Å². The van der Waals surface area contributed by atoms with Crippen molar-refractivity contribution in [2.75, 3.05) is 21.3 Å². The molecular weight excluding hydrogens is 325 g/mol. The van der Waals surface area contributed by atoms with E-state index in [1.54, 1.807) is 32.4 Å². The van der Waals surface area contributed by atoms with Gasteiger partial charge in [0.25, 0.3) is 0 Å². The van der Waals surface area contributed by atoms with Crippen molar-refractivity contribution < 1.29 is 23.4 Å². The van der Waals surface area contributed by atoms with Gasteiger partial charge in [0.1, 0.15) is 11.5 Å². The van der Waals surface area contributed by atoms with Crippen LogP contribution < -0.4 is 19.5 Å². The van der Waals surface area contributed by atoms with E-state index in [0.717, 1.165) is 11.1 Å². The van der Waals surface area contributed by atoms with Crippen molar-refractivity contribution in [3.63, 3.8) is 0 Å². The van der Waals surface area contributed by atoms with Gasteiger partial charge in [0, 0.05) is 24.6 Å². The Kier molecular flexibility index (Phi) is 6.62. The Balaban J connectivity index is 1.88. The number of methoxy groups -OCH3 is 3. The number of amides is 1. The smallest absolute Gasteiger partial charge is 0.220 e. The summed E-state index contributed by atoms with van der Waals surface area (Å²) >= 11 is 0. The van der Waals surface area contributed by atoms with Crippen LogP contribution in [0.5, 0.6) is 17.2 Å². The molecule has 1 N–H and O–H groups in total. The molecule has 0 atom stereocenters. The molecule has 0 saturated heterocycles. The van der Waals surface area contributed by atoms with Gasteiger partial charge in [-0.05, 0) is 36.2 Å². The van der Waals surface area contributed by atoms with E-state index >= 15 is 0 Å². The summed E-state index contributed by atoms with van der Waals surface area (Å²) in [5, 5.41) is 2.84. The lowest BCUT2D eigenvalue weighted by Crippen LogP contribution is -2.23. The number of aryl methyl sites for hydroxylation is 1. The number of halogens is 1. The predicted octanol–water partition coefficient (Wildman–Crippen LogP) is 3.10. The zero-order valence-corrected chi connectivity index (χ0v) is 14.6. The lowest BCUT2D eigenvalue weighted by atomic mass is 10.1. The molecule has 0 radical (unpaired) electrons. The van der Waals surface area contributed by atoms with Crippen molar-refractivity contribution in [3.8, 4) is 17.2 Å². The highest BCUT2D eigenvalue weighted by Gasteiger charge is 2.09. The Labute approximate surface area is 146 Å². The minimum absolute atomic E-state index is 0.117. The number of hydrogen-bond acceptors (Lipinski definition) is 4. The van der Waals surface area contributed by atoms with Crippen LogP contribution in [0.15, 0.2) is 36.4 Å². The minimum Gasteiger partial charge on any atom is -0.497 e. The second-order valence-electron chi connectivity index (χ2n) is 5.42. The predicted molar refractivity (Wildman–Crippen MR) is 92.7 cm³/mol. The van der Waals surface area contributed by atoms with Gasteiger partial charge in [-0.15, -0.1) is 0 Å². The molecular formula is C19H22FNO4. The largest absolute Gasteiger partial charge is 0.497 e. The molecule has 134 valence electrons. The van der Waals surface area contributed by atoms with E-state index in [-0.39, 0.29) is 18.1 Å². The molecule has 0 aliphatic carbocycles. The number of nitrogens with one attached hydrogen (secondary N) is 1. The van der Waals surface area contributed by atoms with E-state index in [1.807, 2.05) is 12.1 Å². The lowest BCUT2D eigenvalue weighted by Gasteiger charge is -2.11. The Morgan fingerprint density at radius 1 is 1.00 bits per heavy atom. The summed E-state index contributed by atoms with van der Waals surface area (Å²) in [4.78, 5) is 12.0.